The Kier molecular flexibility index (Phi) is 3.40. The van der Waals surface area contributed by atoms with E-state index in [9.17, 15) is 21.6 Å². The molecule has 0 spiro atoms. The van der Waals surface area contributed by atoms with E-state index in [1.54, 1.807) is 6.07 Å². The topological polar surface area (TPSA) is 34.1 Å². The Morgan fingerprint density at radius 3 is 2.17 bits per heavy atom. The maximum absolute atomic E-state index is 12.6. The molecule has 18 heavy (non-hydrogen) atoms. The van der Waals surface area contributed by atoms with Crippen LogP contribution in [0.4, 0.5) is 13.2 Å². The Hall–Kier alpha value is -1.04. The van der Waals surface area contributed by atoms with Crippen LogP contribution in [0.25, 0.3) is 0 Å². The summed E-state index contributed by atoms with van der Waals surface area (Å²) in [4.78, 5) is -0.579. The Labute approximate surface area is 104 Å². The lowest BCUT2D eigenvalue weighted by Crippen LogP contribution is -2.24. The Bertz CT molecular complexity index is 528. The zero-order valence-corrected chi connectivity index (χ0v) is 10.4. The summed E-state index contributed by atoms with van der Waals surface area (Å²) in [6, 6.07) is 5.46. The van der Waals surface area contributed by atoms with Crippen LogP contribution >= 0.6 is 0 Å². The number of alkyl halides is 3. The summed E-state index contributed by atoms with van der Waals surface area (Å²) in [5, 5.41) is 0. The Morgan fingerprint density at radius 2 is 1.61 bits per heavy atom. The van der Waals surface area contributed by atoms with Crippen LogP contribution in [0.15, 0.2) is 29.2 Å². The number of hydrogen-bond donors (Lipinski definition) is 0. The van der Waals surface area contributed by atoms with E-state index >= 15 is 0 Å². The molecule has 0 bridgehead atoms. The highest BCUT2D eigenvalue weighted by Crippen LogP contribution is 2.40. The van der Waals surface area contributed by atoms with Gasteiger partial charge in [-0.05, 0) is 30.4 Å². The van der Waals surface area contributed by atoms with Gasteiger partial charge in [0.1, 0.15) is 0 Å². The van der Waals surface area contributed by atoms with Gasteiger partial charge in [0, 0.05) is 0 Å². The molecule has 1 aliphatic carbocycles. The zero-order chi connectivity index (χ0) is 13.4. The van der Waals surface area contributed by atoms with Crippen molar-refractivity contribution in [2.45, 2.75) is 42.0 Å². The van der Waals surface area contributed by atoms with Crippen molar-refractivity contribution in [1.29, 1.82) is 0 Å². The maximum Gasteiger partial charge on any atom is 0.501 e. The normalized spacial score (nSPS) is 18.2. The van der Waals surface area contributed by atoms with E-state index in [4.69, 9.17) is 0 Å². The highest BCUT2D eigenvalue weighted by atomic mass is 32.2. The third-order valence-electron chi connectivity index (χ3n) is 3.31. The van der Waals surface area contributed by atoms with Crippen molar-refractivity contribution in [2.75, 3.05) is 0 Å². The minimum atomic E-state index is -5.24. The third-order valence-corrected chi connectivity index (χ3v) is 4.87. The largest absolute Gasteiger partial charge is 0.501 e. The molecular formula is C12H13F3O2S. The number of hydrogen-bond acceptors (Lipinski definition) is 2. The second-order valence-corrected chi connectivity index (χ2v) is 6.38. The van der Waals surface area contributed by atoms with Crippen LogP contribution < -0.4 is 0 Å². The van der Waals surface area contributed by atoms with Crippen LogP contribution in [0.2, 0.25) is 0 Å². The molecule has 2 nitrogen and oxygen atoms in total. The molecule has 6 heteroatoms. The lowest BCUT2D eigenvalue weighted by Gasteiger charge is -2.16. The molecule has 1 aromatic carbocycles. The predicted molar refractivity (Wildman–Crippen MR) is 60.9 cm³/mol. The Morgan fingerprint density at radius 1 is 1.06 bits per heavy atom. The van der Waals surface area contributed by atoms with E-state index in [2.05, 4.69) is 0 Å². The van der Waals surface area contributed by atoms with Gasteiger partial charge < -0.3 is 0 Å². The van der Waals surface area contributed by atoms with Crippen LogP contribution in [-0.4, -0.2) is 13.9 Å². The van der Waals surface area contributed by atoms with Crippen molar-refractivity contribution in [2.24, 2.45) is 0 Å². The molecule has 0 N–H and O–H groups in total. The summed E-state index contributed by atoms with van der Waals surface area (Å²) in [6.45, 7) is 0. The van der Waals surface area contributed by atoms with E-state index in [0.717, 1.165) is 31.7 Å². The minimum absolute atomic E-state index is 0.0710. The van der Waals surface area contributed by atoms with Crippen molar-refractivity contribution in [1.82, 2.24) is 0 Å². The molecule has 0 unspecified atom stereocenters. The van der Waals surface area contributed by atoms with Gasteiger partial charge >= 0.3 is 5.51 Å². The van der Waals surface area contributed by atoms with E-state index in [-0.39, 0.29) is 5.92 Å². The summed E-state index contributed by atoms with van der Waals surface area (Å²) in [5.74, 6) is -0.0710. The van der Waals surface area contributed by atoms with Gasteiger partial charge in [0.15, 0.2) is 0 Å². The molecule has 0 atom stereocenters. The highest BCUT2D eigenvalue weighted by molar-refractivity contribution is 7.92. The fourth-order valence-electron chi connectivity index (χ4n) is 2.42. The van der Waals surface area contributed by atoms with E-state index in [1.807, 2.05) is 0 Å². The van der Waals surface area contributed by atoms with Crippen molar-refractivity contribution >= 4 is 9.84 Å². The van der Waals surface area contributed by atoms with Crippen molar-refractivity contribution in [3.63, 3.8) is 0 Å². The summed E-state index contributed by atoms with van der Waals surface area (Å²) in [6.07, 6.45) is 3.38. The lowest BCUT2D eigenvalue weighted by atomic mass is 9.98. The van der Waals surface area contributed by atoms with E-state index in [1.165, 1.54) is 12.1 Å². The van der Waals surface area contributed by atoms with Crippen molar-refractivity contribution < 1.29 is 21.6 Å². The summed E-state index contributed by atoms with van der Waals surface area (Å²) >= 11 is 0. The number of rotatable bonds is 2. The molecular weight excluding hydrogens is 265 g/mol. The zero-order valence-electron chi connectivity index (χ0n) is 9.57. The van der Waals surface area contributed by atoms with Crippen LogP contribution in [0.5, 0.6) is 0 Å². The van der Waals surface area contributed by atoms with E-state index in [0.29, 0.717) is 5.56 Å². The molecule has 0 amide bonds. The molecule has 1 aromatic rings. The molecule has 0 aromatic heterocycles. The third kappa shape index (κ3) is 2.25. The first kappa shape index (κ1) is 13.4. The van der Waals surface area contributed by atoms with Gasteiger partial charge in [0.2, 0.25) is 0 Å². The molecule has 1 aliphatic rings. The molecule has 0 heterocycles. The first-order valence-electron chi connectivity index (χ1n) is 5.74. The molecule has 0 aliphatic heterocycles. The van der Waals surface area contributed by atoms with Gasteiger partial charge in [-0.25, -0.2) is 8.42 Å². The standard InChI is InChI=1S/C12H13F3O2S/c13-12(14,15)18(16,17)11-8-4-3-7-10(11)9-5-1-2-6-9/h3-4,7-9H,1-2,5-6H2. The predicted octanol–water partition coefficient (Wildman–Crippen LogP) is 3.64. The molecule has 0 radical (unpaired) electrons. The highest BCUT2D eigenvalue weighted by Gasteiger charge is 2.48. The average molecular weight is 278 g/mol. The smallest absolute Gasteiger partial charge is 0.214 e. The average Bonchev–Trinajstić information content (AvgIpc) is 2.81. The quantitative estimate of drug-likeness (QED) is 0.827. The molecule has 0 saturated heterocycles. The van der Waals surface area contributed by atoms with Gasteiger partial charge in [0.25, 0.3) is 9.84 Å². The van der Waals surface area contributed by atoms with Crippen molar-refractivity contribution in [3.05, 3.63) is 29.8 Å². The first-order chi connectivity index (χ1) is 8.34. The second kappa shape index (κ2) is 4.57. The lowest BCUT2D eigenvalue weighted by molar-refractivity contribution is -0.0436. The van der Waals surface area contributed by atoms with Crippen LogP contribution in [0, 0.1) is 0 Å². The number of benzene rings is 1. The number of halogens is 3. The van der Waals surface area contributed by atoms with Gasteiger partial charge in [-0.2, -0.15) is 13.2 Å². The molecule has 100 valence electrons. The van der Waals surface area contributed by atoms with Crippen LogP contribution in [0.1, 0.15) is 37.2 Å². The molecule has 1 saturated carbocycles. The van der Waals surface area contributed by atoms with Crippen LogP contribution in [0.3, 0.4) is 0 Å². The molecule has 2 rings (SSSR count). The Balaban J connectivity index is 2.52. The van der Waals surface area contributed by atoms with Gasteiger partial charge in [-0.3, -0.25) is 0 Å². The molecule has 1 fully saturated rings. The minimum Gasteiger partial charge on any atom is -0.214 e. The first-order valence-corrected chi connectivity index (χ1v) is 7.22. The second-order valence-electron chi connectivity index (χ2n) is 4.47. The van der Waals surface area contributed by atoms with E-state index < -0.39 is 20.2 Å². The van der Waals surface area contributed by atoms with Gasteiger partial charge in [0.05, 0.1) is 4.90 Å². The van der Waals surface area contributed by atoms with Gasteiger partial charge in [-0.15, -0.1) is 0 Å². The fraction of sp³-hybridized carbons (Fsp3) is 0.500. The fourth-order valence-corrected chi connectivity index (χ4v) is 3.48. The summed E-state index contributed by atoms with van der Waals surface area (Å²) in [5.41, 5.74) is -4.92. The SMILES string of the molecule is O=S(=O)(c1ccccc1C1CCCC1)C(F)(F)F. The number of sulfone groups is 1. The maximum atomic E-state index is 12.6. The monoisotopic (exact) mass is 278 g/mol. The summed E-state index contributed by atoms with van der Waals surface area (Å²) in [7, 11) is -5.24. The van der Waals surface area contributed by atoms with Gasteiger partial charge in [-0.1, -0.05) is 31.0 Å². The summed E-state index contributed by atoms with van der Waals surface area (Å²) < 4.78 is 60.8. The van der Waals surface area contributed by atoms with Crippen molar-refractivity contribution in [3.8, 4) is 0 Å². The van der Waals surface area contributed by atoms with Crippen LogP contribution in [-0.2, 0) is 9.84 Å².